The third kappa shape index (κ3) is 8.55. The molecule has 0 fully saturated rings. The van der Waals surface area contributed by atoms with E-state index in [1.54, 1.807) is 27.7 Å². The third-order valence-corrected chi connectivity index (χ3v) is 1.34. The van der Waals surface area contributed by atoms with Gasteiger partial charge >= 0.3 is 5.97 Å². The molecule has 0 amide bonds. The molecule has 0 spiro atoms. The minimum Gasteiger partial charge on any atom is -0.459 e. The molecule has 0 aromatic heterocycles. The van der Waals surface area contributed by atoms with Crippen LogP contribution in [-0.4, -0.2) is 26.4 Å². The highest BCUT2D eigenvalue weighted by Crippen LogP contribution is 2.08. The number of rotatable bonds is 3. The highest BCUT2D eigenvalue weighted by atomic mass is 127. The van der Waals surface area contributed by atoms with Crippen LogP contribution in [0.3, 0.4) is 0 Å². The van der Waals surface area contributed by atoms with Gasteiger partial charge in [-0.1, -0.05) is 0 Å². The van der Waals surface area contributed by atoms with E-state index in [-0.39, 0.29) is 6.54 Å². The van der Waals surface area contributed by atoms with Gasteiger partial charge in [-0.3, -0.25) is 0 Å². The smallest absolute Gasteiger partial charge is 0.329 e. The average molecular weight is 333 g/mol. The van der Waals surface area contributed by atoms with E-state index in [2.05, 4.69) is 5.10 Å². The molecular formula is C8H14ClIN2O2. The van der Waals surface area contributed by atoms with E-state index in [9.17, 15) is 4.79 Å². The molecule has 0 radical (unpaired) electrons. The minimum absolute atomic E-state index is 0.0564. The lowest BCUT2D eigenvalue weighted by Gasteiger charge is -2.20. The van der Waals surface area contributed by atoms with Crippen LogP contribution in [0.15, 0.2) is 5.10 Å². The number of hydrogen-bond donors (Lipinski definition) is 0. The van der Waals surface area contributed by atoms with Crippen LogP contribution in [-0.2, 0) is 9.53 Å². The molecule has 0 aliphatic rings. The SMILES string of the molecule is C/C(I)=N\N(Cl)CC(=O)OC(C)(C)C. The summed E-state index contributed by atoms with van der Waals surface area (Å²) in [5, 5.41) is 3.85. The lowest BCUT2D eigenvalue weighted by atomic mass is 10.2. The quantitative estimate of drug-likeness (QED) is 0.262. The van der Waals surface area contributed by atoms with Crippen LogP contribution in [0.5, 0.6) is 0 Å². The summed E-state index contributed by atoms with van der Waals surface area (Å²) in [6, 6.07) is 0. The molecule has 0 saturated heterocycles. The monoisotopic (exact) mass is 332 g/mol. The Morgan fingerprint density at radius 1 is 1.57 bits per heavy atom. The van der Waals surface area contributed by atoms with Crippen LogP contribution in [0.4, 0.5) is 0 Å². The summed E-state index contributed by atoms with van der Waals surface area (Å²) in [6.07, 6.45) is 0. The maximum atomic E-state index is 11.2. The molecule has 0 aliphatic carbocycles. The normalized spacial score (nSPS) is 12.6. The second kappa shape index (κ2) is 5.75. The van der Waals surface area contributed by atoms with Crippen molar-refractivity contribution in [3.05, 3.63) is 0 Å². The fourth-order valence-electron chi connectivity index (χ4n) is 0.665. The first kappa shape index (κ1) is 14.0. The number of carbonyl (C=O) groups is 1. The molecule has 14 heavy (non-hydrogen) atoms. The highest BCUT2D eigenvalue weighted by Gasteiger charge is 2.17. The van der Waals surface area contributed by atoms with Gasteiger partial charge in [0.2, 0.25) is 0 Å². The zero-order valence-corrected chi connectivity index (χ0v) is 11.6. The molecule has 0 aliphatic heterocycles. The van der Waals surface area contributed by atoms with Crippen LogP contribution in [0, 0.1) is 0 Å². The van der Waals surface area contributed by atoms with Crippen molar-refractivity contribution in [3.63, 3.8) is 0 Å². The molecule has 4 nitrogen and oxygen atoms in total. The first-order chi connectivity index (χ1) is 6.20. The van der Waals surface area contributed by atoms with Gasteiger partial charge in [0.05, 0.1) is 3.72 Å². The van der Waals surface area contributed by atoms with Gasteiger partial charge in [0.15, 0.2) is 6.54 Å². The van der Waals surface area contributed by atoms with Crippen molar-refractivity contribution >= 4 is 44.1 Å². The van der Waals surface area contributed by atoms with Gasteiger partial charge in [-0.2, -0.15) is 9.63 Å². The topological polar surface area (TPSA) is 41.9 Å². The van der Waals surface area contributed by atoms with Gasteiger partial charge in [0.1, 0.15) is 5.60 Å². The van der Waals surface area contributed by atoms with Crippen LogP contribution in [0.2, 0.25) is 0 Å². The molecule has 0 N–H and O–H groups in total. The predicted molar refractivity (Wildman–Crippen MR) is 65.5 cm³/mol. The number of ether oxygens (including phenoxy) is 1. The Bertz CT molecular complexity index is 234. The molecule has 0 heterocycles. The van der Waals surface area contributed by atoms with E-state index < -0.39 is 11.6 Å². The van der Waals surface area contributed by atoms with E-state index in [4.69, 9.17) is 16.5 Å². The number of carbonyl (C=O) groups excluding carboxylic acids is 1. The van der Waals surface area contributed by atoms with Gasteiger partial charge in [-0.05, 0) is 50.3 Å². The first-order valence-electron chi connectivity index (χ1n) is 4.06. The summed E-state index contributed by atoms with van der Waals surface area (Å²) in [5.74, 6) is -0.395. The predicted octanol–water partition coefficient (Wildman–Crippen LogP) is 2.55. The maximum absolute atomic E-state index is 11.2. The van der Waals surface area contributed by atoms with Gasteiger partial charge < -0.3 is 4.74 Å². The molecule has 0 bridgehead atoms. The fourth-order valence-corrected chi connectivity index (χ4v) is 1.26. The van der Waals surface area contributed by atoms with E-state index in [0.717, 1.165) is 8.25 Å². The molecule has 0 rings (SSSR count). The lowest BCUT2D eigenvalue weighted by molar-refractivity contribution is -0.154. The van der Waals surface area contributed by atoms with Crippen molar-refractivity contribution in [3.8, 4) is 0 Å². The highest BCUT2D eigenvalue weighted by molar-refractivity contribution is 14.1. The van der Waals surface area contributed by atoms with Gasteiger partial charge in [-0.25, -0.2) is 4.79 Å². The molecule has 82 valence electrons. The van der Waals surface area contributed by atoms with Crippen LogP contribution < -0.4 is 0 Å². The Morgan fingerprint density at radius 3 is 2.43 bits per heavy atom. The van der Waals surface area contributed by atoms with E-state index in [1.165, 1.54) is 0 Å². The standard InChI is InChI=1S/C8H14ClIN2O2/c1-6(10)11-12(9)5-7(13)14-8(2,3)4/h5H2,1-4H3/b11-6+. The number of hydrazone groups is 1. The Kier molecular flexibility index (Phi) is 5.73. The summed E-state index contributed by atoms with van der Waals surface area (Å²) >= 11 is 7.64. The van der Waals surface area contributed by atoms with E-state index in [0.29, 0.717) is 0 Å². The van der Waals surface area contributed by atoms with Crippen molar-refractivity contribution in [1.82, 2.24) is 4.53 Å². The molecule has 0 atom stereocenters. The van der Waals surface area contributed by atoms with Crippen LogP contribution in [0.1, 0.15) is 27.7 Å². The van der Waals surface area contributed by atoms with Crippen molar-refractivity contribution in [2.75, 3.05) is 6.54 Å². The van der Waals surface area contributed by atoms with Crippen LogP contribution >= 0.6 is 34.4 Å². The zero-order chi connectivity index (χ0) is 11.4. The number of halogens is 2. The van der Waals surface area contributed by atoms with Crippen molar-refractivity contribution in [1.29, 1.82) is 0 Å². The lowest BCUT2D eigenvalue weighted by Crippen LogP contribution is -2.29. The van der Waals surface area contributed by atoms with Crippen molar-refractivity contribution in [2.24, 2.45) is 5.10 Å². The second-order valence-corrected chi connectivity index (χ2v) is 5.63. The van der Waals surface area contributed by atoms with E-state index in [1.807, 2.05) is 22.6 Å². The van der Waals surface area contributed by atoms with Gasteiger partial charge in [0.25, 0.3) is 0 Å². The molecule has 0 aromatic rings. The zero-order valence-electron chi connectivity index (χ0n) is 8.67. The first-order valence-corrected chi connectivity index (χ1v) is 5.48. The van der Waals surface area contributed by atoms with Crippen molar-refractivity contribution in [2.45, 2.75) is 33.3 Å². The summed E-state index contributed by atoms with van der Waals surface area (Å²) in [7, 11) is 0. The summed E-state index contributed by atoms with van der Waals surface area (Å²) in [6.45, 7) is 7.13. The number of hydrogen-bond acceptors (Lipinski definition) is 4. The minimum atomic E-state index is -0.488. The fraction of sp³-hybridized carbons (Fsp3) is 0.750. The van der Waals surface area contributed by atoms with E-state index >= 15 is 0 Å². The third-order valence-electron chi connectivity index (χ3n) is 0.926. The summed E-state index contributed by atoms with van der Waals surface area (Å²) in [4.78, 5) is 11.2. The number of esters is 1. The molecular weight excluding hydrogens is 318 g/mol. The summed E-state index contributed by atoms with van der Waals surface area (Å²) < 4.78 is 6.84. The maximum Gasteiger partial charge on any atom is 0.329 e. The molecule has 0 saturated carbocycles. The Morgan fingerprint density at radius 2 is 2.07 bits per heavy atom. The molecule has 0 aromatic carbocycles. The summed E-state index contributed by atoms with van der Waals surface area (Å²) in [5.41, 5.74) is -0.488. The average Bonchev–Trinajstić information content (AvgIpc) is 1.77. The Hall–Kier alpha value is -0.0400. The van der Waals surface area contributed by atoms with Gasteiger partial charge in [-0.15, -0.1) is 0 Å². The van der Waals surface area contributed by atoms with Crippen molar-refractivity contribution < 1.29 is 9.53 Å². The second-order valence-electron chi connectivity index (χ2n) is 3.68. The van der Waals surface area contributed by atoms with Crippen LogP contribution in [0.25, 0.3) is 0 Å². The Labute approximate surface area is 103 Å². The molecule has 0 unspecified atom stereocenters. The molecule has 6 heteroatoms. The number of nitrogens with zero attached hydrogens (tertiary/aromatic N) is 2. The Balaban J connectivity index is 4.02. The van der Waals surface area contributed by atoms with Gasteiger partial charge in [0, 0.05) is 11.8 Å². The largest absolute Gasteiger partial charge is 0.459 e.